The zero-order valence-electron chi connectivity index (χ0n) is 12.1. The lowest BCUT2D eigenvalue weighted by Crippen LogP contribution is -2.16. The molecule has 1 amide bonds. The van der Waals surface area contributed by atoms with Crippen LogP contribution in [0.15, 0.2) is 12.3 Å². The number of anilines is 1. The molecule has 8 nitrogen and oxygen atoms in total. The van der Waals surface area contributed by atoms with Crippen LogP contribution in [-0.2, 0) is 13.6 Å². The maximum absolute atomic E-state index is 12.2. The highest BCUT2D eigenvalue weighted by atomic mass is 16.4. The van der Waals surface area contributed by atoms with Gasteiger partial charge in [-0.25, -0.2) is 4.79 Å². The second-order valence-corrected chi connectivity index (χ2v) is 4.72. The molecule has 2 aromatic heterocycles. The quantitative estimate of drug-likeness (QED) is 0.864. The number of carboxylic acids is 1. The topological polar surface area (TPSA) is 102 Å². The molecular formula is C13H17N5O3. The monoisotopic (exact) mass is 291 g/mol. The van der Waals surface area contributed by atoms with Gasteiger partial charge in [0.2, 0.25) is 0 Å². The zero-order chi connectivity index (χ0) is 15.6. The van der Waals surface area contributed by atoms with E-state index >= 15 is 0 Å². The van der Waals surface area contributed by atoms with Crippen molar-refractivity contribution in [2.45, 2.75) is 26.8 Å². The number of amides is 1. The summed E-state index contributed by atoms with van der Waals surface area (Å²) >= 11 is 0. The van der Waals surface area contributed by atoms with Gasteiger partial charge in [-0.1, -0.05) is 6.92 Å². The molecule has 2 N–H and O–H groups in total. The number of nitrogens with one attached hydrogen (secondary N) is 1. The van der Waals surface area contributed by atoms with Gasteiger partial charge in [-0.3, -0.25) is 14.2 Å². The van der Waals surface area contributed by atoms with Gasteiger partial charge in [-0.15, -0.1) is 0 Å². The van der Waals surface area contributed by atoms with Crippen molar-refractivity contribution in [3.05, 3.63) is 29.2 Å². The molecule has 0 aromatic carbocycles. The van der Waals surface area contributed by atoms with E-state index in [0.717, 1.165) is 18.7 Å². The molecule has 0 aliphatic rings. The number of carboxylic acid groups (broad SMARTS) is 1. The van der Waals surface area contributed by atoms with Crippen LogP contribution in [-0.4, -0.2) is 36.5 Å². The first-order valence-corrected chi connectivity index (χ1v) is 6.55. The third-order valence-electron chi connectivity index (χ3n) is 2.93. The average Bonchev–Trinajstić information content (AvgIpc) is 2.94. The predicted molar refractivity (Wildman–Crippen MR) is 75.4 cm³/mol. The first-order chi connectivity index (χ1) is 9.92. The molecule has 0 aliphatic heterocycles. The van der Waals surface area contributed by atoms with E-state index < -0.39 is 11.9 Å². The SMILES string of the molecule is CCCn1nc(NC(=O)c2cn(C)nc2C(=O)O)cc1C. The van der Waals surface area contributed by atoms with Crippen molar-refractivity contribution in [2.75, 3.05) is 5.32 Å². The number of rotatable bonds is 5. The number of carbonyl (C=O) groups excluding carboxylic acids is 1. The minimum absolute atomic E-state index is 0.00712. The van der Waals surface area contributed by atoms with Crippen molar-refractivity contribution in [1.82, 2.24) is 19.6 Å². The van der Waals surface area contributed by atoms with Crippen molar-refractivity contribution < 1.29 is 14.7 Å². The van der Waals surface area contributed by atoms with Gasteiger partial charge in [0.25, 0.3) is 5.91 Å². The molecule has 0 bridgehead atoms. The summed E-state index contributed by atoms with van der Waals surface area (Å²) in [6, 6.07) is 1.74. The highest BCUT2D eigenvalue weighted by Crippen LogP contribution is 2.13. The second-order valence-electron chi connectivity index (χ2n) is 4.72. The number of carbonyl (C=O) groups is 2. The van der Waals surface area contributed by atoms with Crippen LogP contribution < -0.4 is 5.32 Å². The van der Waals surface area contributed by atoms with E-state index in [1.54, 1.807) is 17.8 Å². The van der Waals surface area contributed by atoms with Crippen LogP contribution in [0.2, 0.25) is 0 Å². The summed E-state index contributed by atoms with van der Waals surface area (Å²) in [6.45, 7) is 4.69. The molecular weight excluding hydrogens is 274 g/mol. The maximum atomic E-state index is 12.2. The van der Waals surface area contributed by atoms with Crippen molar-refractivity contribution >= 4 is 17.7 Å². The Labute approximate surface area is 121 Å². The van der Waals surface area contributed by atoms with E-state index in [9.17, 15) is 9.59 Å². The Kier molecular flexibility index (Phi) is 4.06. The summed E-state index contributed by atoms with van der Waals surface area (Å²) in [7, 11) is 1.56. The molecule has 8 heteroatoms. The molecule has 112 valence electrons. The van der Waals surface area contributed by atoms with Gasteiger partial charge in [0, 0.05) is 31.5 Å². The van der Waals surface area contributed by atoms with Gasteiger partial charge in [-0.05, 0) is 13.3 Å². The summed E-state index contributed by atoms with van der Waals surface area (Å²) in [4.78, 5) is 23.2. The Hall–Kier alpha value is -2.64. The summed E-state index contributed by atoms with van der Waals surface area (Å²) in [5.41, 5.74) is 0.657. The van der Waals surface area contributed by atoms with Gasteiger partial charge in [0.15, 0.2) is 11.5 Å². The molecule has 0 atom stereocenters. The Balaban J connectivity index is 2.22. The Morgan fingerprint density at radius 1 is 1.38 bits per heavy atom. The van der Waals surface area contributed by atoms with E-state index in [1.165, 1.54) is 10.9 Å². The summed E-state index contributed by atoms with van der Waals surface area (Å²) < 4.78 is 3.08. The maximum Gasteiger partial charge on any atom is 0.357 e. The third kappa shape index (κ3) is 3.10. The first kappa shape index (κ1) is 14.8. The van der Waals surface area contributed by atoms with Gasteiger partial charge in [0.1, 0.15) is 0 Å². The van der Waals surface area contributed by atoms with E-state index in [0.29, 0.717) is 5.82 Å². The molecule has 2 rings (SSSR count). The van der Waals surface area contributed by atoms with Crippen LogP contribution in [0.25, 0.3) is 0 Å². The van der Waals surface area contributed by atoms with Crippen molar-refractivity contribution in [1.29, 1.82) is 0 Å². The molecule has 2 heterocycles. The second kappa shape index (κ2) is 5.78. The Morgan fingerprint density at radius 2 is 2.10 bits per heavy atom. The van der Waals surface area contributed by atoms with Gasteiger partial charge in [-0.2, -0.15) is 10.2 Å². The average molecular weight is 291 g/mol. The summed E-state index contributed by atoms with van der Waals surface area (Å²) in [5.74, 6) is -1.39. The number of hydrogen-bond donors (Lipinski definition) is 2. The highest BCUT2D eigenvalue weighted by molar-refractivity contribution is 6.09. The van der Waals surface area contributed by atoms with Gasteiger partial charge >= 0.3 is 5.97 Å². The molecule has 21 heavy (non-hydrogen) atoms. The number of aromatic carboxylic acids is 1. The summed E-state index contributed by atoms with van der Waals surface area (Å²) in [5, 5.41) is 19.6. The van der Waals surface area contributed by atoms with E-state index in [2.05, 4.69) is 15.5 Å². The van der Waals surface area contributed by atoms with Crippen LogP contribution in [0.4, 0.5) is 5.82 Å². The lowest BCUT2D eigenvalue weighted by molar-refractivity contribution is 0.0685. The molecule has 2 aromatic rings. The fourth-order valence-corrected chi connectivity index (χ4v) is 2.01. The van der Waals surface area contributed by atoms with Crippen molar-refractivity contribution in [3.8, 4) is 0 Å². The lowest BCUT2D eigenvalue weighted by atomic mass is 10.2. The third-order valence-corrected chi connectivity index (χ3v) is 2.93. The molecule has 0 spiro atoms. The van der Waals surface area contributed by atoms with Crippen LogP contribution in [0, 0.1) is 6.92 Å². The fourth-order valence-electron chi connectivity index (χ4n) is 2.01. The number of nitrogens with zero attached hydrogens (tertiary/aromatic N) is 4. The highest BCUT2D eigenvalue weighted by Gasteiger charge is 2.21. The van der Waals surface area contributed by atoms with Gasteiger partial charge in [0.05, 0.1) is 5.56 Å². The zero-order valence-corrected chi connectivity index (χ0v) is 12.1. The van der Waals surface area contributed by atoms with Crippen LogP contribution in [0.1, 0.15) is 39.9 Å². The largest absolute Gasteiger partial charge is 0.476 e. The van der Waals surface area contributed by atoms with Crippen LogP contribution in [0.5, 0.6) is 0 Å². The van der Waals surface area contributed by atoms with Crippen LogP contribution in [0.3, 0.4) is 0 Å². The van der Waals surface area contributed by atoms with Gasteiger partial charge < -0.3 is 10.4 Å². The fraction of sp³-hybridized carbons (Fsp3) is 0.385. The molecule has 0 saturated heterocycles. The molecule has 0 saturated carbocycles. The van der Waals surface area contributed by atoms with E-state index in [1.807, 2.05) is 13.8 Å². The van der Waals surface area contributed by atoms with Crippen molar-refractivity contribution in [2.24, 2.45) is 7.05 Å². The Morgan fingerprint density at radius 3 is 2.71 bits per heavy atom. The predicted octanol–water partition coefficient (Wildman–Crippen LogP) is 1.29. The van der Waals surface area contributed by atoms with Crippen molar-refractivity contribution in [3.63, 3.8) is 0 Å². The summed E-state index contributed by atoms with van der Waals surface area (Å²) in [6.07, 6.45) is 2.30. The normalized spacial score (nSPS) is 10.6. The molecule has 0 aliphatic carbocycles. The molecule has 0 fully saturated rings. The minimum atomic E-state index is -1.24. The molecule has 0 unspecified atom stereocenters. The standard InChI is InChI=1S/C13H17N5O3/c1-4-5-18-8(2)6-10(15-18)14-12(19)9-7-17(3)16-11(9)13(20)21/h6-7H,4-5H2,1-3H3,(H,20,21)(H,14,15,19). The number of aryl methyl sites for hydroxylation is 3. The lowest BCUT2D eigenvalue weighted by Gasteiger charge is -2.01. The molecule has 0 radical (unpaired) electrons. The van der Waals surface area contributed by atoms with Crippen LogP contribution >= 0.6 is 0 Å². The van der Waals surface area contributed by atoms with E-state index in [4.69, 9.17) is 5.11 Å². The number of hydrogen-bond acceptors (Lipinski definition) is 4. The Bertz CT molecular complexity index is 686. The number of aromatic nitrogens is 4. The first-order valence-electron chi connectivity index (χ1n) is 6.55. The van der Waals surface area contributed by atoms with E-state index in [-0.39, 0.29) is 11.3 Å². The smallest absolute Gasteiger partial charge is 0.357 e. The minimum Gasteiger partial charge on any atom is -0.476 e.